The van der Waals surface area contributed by atoms with E-state index >= 15 is 0 Å². The largest absolute Gasteiger partial charge is 0.456 e. The number of fused-ring (bicyclic) bond motifs is 13. The smallest absolute Gasteiger partial charge is 0.136 e. The lowest BCUT2D eigenvalue weighted by molar-refractivity contribution is 0.669. The minimum absolute atomic E-state index is 0.898. The van der Waals surface area contributed by atoms with Crippen LogP contribution >= 0.6 is 0 Å². The molecule has 272 valence electrons. The second-order valence-corrected chi connectivity index (χ2v) is 15.8. The molecule has 0 atom stereocenters. The Balaban J connectivity index is 1.11. The molecule has 0 aliphatic rings. The Kier molecular flexibility index (Phi) is 6.79. The Morgan fingerprint density at radius 2 is 0.525 bits per heavy atom. The average molecular weight is 747 g/mol. The lowest BCUT2D eigenvalue weighted by Crippen LogP contribution is -1.94. The molecule has 59 heavy (non-hydrogen) atoms. The summed E-state index contributed by atoms with van der Waals surface area (Å²) in [6.07, 6.45) is 0. The molecule has 0 aliphatic carbocycles. The first-order chi connectivity index (χ1) is 29.3. The summed E-state index contributed by atoms with van der Waals surface area (Å²) in [7, 11) is 0. The van der Waals surface area contributed by atoms with Crippen LogP contribution in [0.3, 0.4) is 0 Å². The van der Waals surface area contributed by atoms with Crippen LogP contribution in [-0.2, 0) is 0 Å². The summed E-state index contributed by atoms with van der Waals surface area (Å²) < 4.78 is 6.69. The molecule has 0 bridgehead atoms. The first kappa shape index (κ1) is 32.4. The van der Waals surface area contributed by atoms with Crippen LogP contribution in [0.15, 0.2) is 211 Å². The highest BCUT2D eigenvalue weighted by Crippen LogP contribution is 2.50. The van der Waals surface area contributed by atoms with E-state index in [9.17, 15) is 0 Å². The van der Waals surface area contributed by atoms with Crippen molar-refractivity contribution >= 4 is 97.3 Å². The summed E-state index contributed by atoms with van der Waals surface area (Å²) in [5, 5.41) is 19.8. The molecule has 0 fully saturated rings. The van der Waals surface area contributed by atoms with E-state index in [2.05, 4.69) is 206 Å². The fourth-order valence-electron chi connectivity index (χ4n) is 10.4. The van der Waals surface area contributed by atoms with Crippen molar-refractivity contribution in [2.45, 2.75) is 0 Å². The first-order valence-electron chi connectivity index (χ1n) is 20.4. The van der Waals surface area contributed by atoms with Crippen molar-refractivity contribution in [3.8, 4) is 33.4 Å². The van der Waals surface area contributed by atoms with Crippen LogP contribution in [0.1, 0.15) is 0 Å². The number of benzene rings is 12. The van der Waals surface area contributed by atoms with E-state index in [0.717, 1.165) is 21.9 Å². The zero-order valence-corrected chi connectivity index (χ0v) is 32.0. The second kappa shape index (κ2) is 12.4. The Morgan fingerprint density at radius 3 is 0.983 bits per heavy atom. The Bertz CT molecular complexity index is 3770. The summed E-state index contributed by atoms with van der Waals surface area (Å²) >= 11 is 0. The molecule has 1 heterocycles. The van der Waals surface area contributed by atoms with Crippen molar-refractivity contribution in [3.63, 3.8) is 0 Å². The molecular weight excluding hydrogens is 713 g/mol. The van der Waals surface area contributed by atoms with E-state index in [4.69, 9.17) is 4.42 Å². The summed E-state index contributed by atoms with van der Waals surface area (Å²) in [5.74, 6) is 0. The van der Waals surface area contributed by atoms with Gasteiger partial charge < -0.3 is 4.42 Å². The maximum atomic E-state index is 6.69. The molecule has 0 amide bonds. The highest BCUT2D eigenvalue weighted by molar-refractivity contribution is 6.31. The highest BCUT2D eigenvalue weighted by Gasteiger charge is 2.23. The fourth-order valence-corrected chi connectivity index (χ4v) is 10.4. The molecule has 1 heteroatoms. The molecular formula is C58H34O. The van der Waals surface area contributed by atoms with Crippen molar-refractivity contribution in [2.75, 3.05) is 0 Å². The van der Waals surface area contributed by atoms with E-state index in [0.29, 0.717) is 0 Å². The van der Waals surface area contributed by atoms with Gasteiger partial charge in [0.25, 0.3) is 0 Å². The van der Waals surface area contributed by atoms with E-state index < -0.39 is 0 Å². The van der Waals surface area contributed by atoms with Crippen LogP contribution < -0.4 is 0 Å². The summed E-state index contributed by atoms with van der Waals surface area (Å²) in [6, 6.07) is 75.8. The predicted molar refractivity (Wildman–Crippen MR) is 253 cm³/mol. The van der Waals surface area contributed by atoms with E-state index in [1.165, 1.54) is 109 Å². The maximum absolute atomic E-state index is 6.69. The fraction of sp³-hybridized carbons (Fsp3) is 0. The van der Waals surface area contributed by atoms with Gasteiger partial charge in [-0.2, -0.15) is 0 Å². The Morgan fingerprint density at radius 1 is 0.186 bits per heavy atom. The third kappa shape index (κ3) is 4.62. The van der Waals surface area contributed by atoms with Gasteiger partial charge in [-0.05, 0) is 133 Å². The van der Waals surface area contributed by atoms with Gasteiger partial charge in [0, 0.05) is 10.8 Å². The third-order valence-corrected chi connectivity index (χ3v) is 12.8. The van der Waals surface area contributed by atoms with Crippen LogP contribution in [0.2, 0.25) is 0 Å². The van der Waals surface area contributed by atoms with Crippen molar-refractivity contribution in [1.82, 2.24) is 0 Å². The maximum Gasteiger partial charge on any atom is 0.136 e. The molecule has 0 saturated carbocycles. The van der Waals surface area contributed by atoms with Gasteiger partial charge in [-0.25, -0.2) is 0 Å². The van der Waals surface area contributed by atoms with Crippen molar-refractivity contribution in [1.29, 1.82) is 0 Å². The molecule has 0 unspecified atom stereocenters. The first-order valence-corrected chi connectivity index (χ1v) is 20.4. The second-order valence-electron chi connectivity index (χ2n) is 15.8. The van der Waals surface area contributed by atoms with Gasteiger partial charge in [0.1, 0.15) is 11.2 Å². The van der Waals surface area contributed by atoms with Crippen molar-refractivity contribution in [3.05, 3.63) is 206 Å². The molecule has 13 aromatic rings. The number of hydrogen-bond donors (Lipinski definition) is 0. The van der Waals surface area contributed by atoms with Gasteiger partial charge in [0.05, 0.1) is 0 Å². The quantitative estimate of drug-likeness (QED) is 0.130. The SMILES string of the molecule is c1ccc(-c2c3ccccc3c(-c3c4ccccc4c(-c4ccc5oc6cc7c8ccccc8c8ccccc8c7cc6c5c4)c4ccccc34)c3ccccc23)cc1. The lowest BCUT2D eigenvalue weighted by Gasteiger charge is -2.22. The molecule has 0 spiro atoms. The van der Waals surface area contributed by atoms with Gasteiger partial charge in [-0.3, -0.25) is 0 Å². The van der Waals surface area contributed by atoms with Gasteiger partial charge in [0.15, 0.2) is 0 Å². The molecule has 12 aromatic carbocycles. The summed E-state index contributed by atoms with van der Waals surface area (Å²) in [4.78, 5) is 0. The van der Waals surface area contributed by atoms with E-state index in [-0.39, 0.29) is 0 Å². The van der Waals surface area contributed by atoms with Gasteiger partial charge in [0.2, 0.25) is 0 Å². The zero-order valence-electron chi connectivity index (χ0n) is 32.0. The van der Waals surface area contributed by atoms with Crippen LogP contribution in [0.4, 0.5) is 0 Å². The molecule has 13 rings (SSSR count). The number of rotatable bonds is 3. The molecule has 0 saturated heterocycles. The number of furan rings is 1. The normalized spacial score (nSPS) is 12.1. The van der Waals surface area contributed by atoms with Gasteiger partial charge in [-0.1, -0.05) is 182 Å². The van der Waals surface area contributed by atoms with Gasteiger partial charge >= 0.3 is 0 Å². The minimum Gasteiger partial charge on any atom is -0.456 e. The van der Waals surface area contributed by atoms with Crippen molar-refractivity contribution < 1.29 is 4.42 Å². The van der Waals surface area contributed by atoms with E-state index in [1.54, 1.807) is 0 Å². The van der Waals surface area contributed by atoms with Crippen molar-refractivity contribution in [2.24, 2.45) is 0 Å². The molecule has 0 N–H and O–H groups in total. The topological polar surface area (TPSA) is 13.1 Å². The predicted octanol–water partition coefficient (Wildman–Crippen LogP) is 16.7. The highest BCUT2D eigenvalue weighted by atomic mass is 16.3. The number of hydrogen-bond acceptors (Lipinski definition) is 1. The van der Waals surface area contributed by atoms with Crippen LogP contribution in [-0.4, -0.2) is 0 Å². The van der Waals surface area contributed by atoms with Crippen LogP contribution in [0.25, 0.3) is 131 Å². The van der Waals surface area contributed by atoms with Crippen LogP contribution in [0, 0.1) is 0 Å². The standard InChI is InChI=1S/C58H34O/c1-2-16-35(17-3-1)55-41-22-8-12-26-45(41)57(46-27-13-9-23-42(46)55)58-47-28-14-10-24-43(47)56(44-25-11-15-29-48(44)58)36-30-31-53-51(32-36)52-33-49-39-20-6-4-18-37(39)38-19-5-7-21-40(38)50(49)34-54(52)59-53/h1-34H. The van der Waals surface area contributed by atoms with Crippen LogP contribution in [0.5, 0.6) is 0 Å². The minimum atomic E-state index is 0.898. The third-order valence-electron chi connectivity index (χ3n) is 12.8. The average Bonchev–Trinajstić information content (AvgIpc) is 3.67. The molecule has 1 nitrogen and oxygen atoms in total. The summed E-state index contributed by atoms with van der Waals surface area (Å²) in [6.45, 7) is 0. The monoisotopic (exact) mass is 746 g/mol. The van der Waals surface area contributed by atoms with Gasteiger partial charge in [-0.15, -0.1) is 0 Å². The van der Waals surface area contributed by atoms with E-state index in [1.807, 2.05) is 0 Å². The lowest BCUT2D eigenvalue weighted by atomic mass is 9.81. The summed E-state index contributed by atoms with van der Waals surface area (Å²) in [5.41, 5.74) is 9.28. The Hall–Kier alpha value is -7.74. The molecule has 0 aliphatic heterocycles. The zero-order chi connectivity index (χ0) is 38.6. The Labute approximate surface area is 340 Å². The molecule has 0 radical (unpaired) electrons. The molecule has 1 aromatic heterocycles.